The molecule has 10 heteroatoms. The van der Waals surface area contributed by atoms with Crippen molar-refractivity contribution in [2.75, 3.05) is 15.4 Å². The molecular formula is C26H21FN4O3S2. The van der Waals surface area contributed by atoms with Crippen LogP contribution >= 0.6 is 11.8 Å². The van der Waals surface area contributed by atoms with Crippen molar-refractivity contribution in [2.45, 2.75) is 23.5 Å². The second-order valence-corrected chi connectivity index (χ2v) is 10.9. The van der Waals surface area contributed by atoms with Gasteiger partial charge < -0.3 is 5.32 Å². The number of thioether (sulfide) groups is 1. The van der Waals surface area contributed by atoms with Crippen LogP contribution in [0.4, 0.5) is 15.8 Å². The van der Waals surface area contributed by atoms with E-state index in [-0.39, 0.29) is 34.0 Å². The first-order chi connectivity index (χ1) is 17.3. The number of rotatable bonds is 6. The number of aryl methyl sites for hydroxylation is 1. The Morgan fingerprint density at radius 3 is 2.64 bits per heavy atom. The number of fused-ring (bicyclic) bond motifs is 3. The summed E-state index contributed by atoms with van der Waals surface area (Å²) in [6.45, 7) is 1.87. The van der Waals surface area contributed by atoms with Crippen LogP contribution in [-0.2, 0) is 21.4 Å². The number of carbonyl (C=O) groups is 1. The van der Waals surface area contributed by atoms with Gasteiger partial charge in [0.2, 0.25) is 5.91 Å². The van der Waals surface area contributed by atoms with E-state index in [0.29, 0.717) is 16.8 Å². The molecule has 4 aromatic rings. The number of nitrogens with one attached hydrogen (secondary N) is 1. The predicted molar refractivity (Wildman–Crippen MR) is 138 cm³/mol. The van der Waals surface area contributed by atoms with Crippen LogP contribution in [0.2, 0.25) is 0 Å². The van der Waals surface area contributed by atoms with Gasteiger partial charge >= 0.3 is 0 Å². The quantitative estimate of drug-likeness (QED) is 0.283. The number of nitrogens with zero attached hydrogens (tertiary/aromatic N) is 3. The fraction of sp³-hybridized carbons (Fsp3) is 0.115. The Balaban J connectivity index is 1.42. The highest BCUT2D eigenvalue weighted by molar-refractivity contribution is 7.99. The van der Waals surface area contributed by atoms with Crippen molar-refractivity contribution in [2.24, 2.45) is 0 Å². The Morgan fingerprint density at radius 2 is 1.83 bits per heavy atom. The van der Waals surface area contributed by atoms with Gasteiger partial charge in [-0.1, -0.05) is 60.3 Å². The molecule has 0 atom stereocenters. The summed E-state index contributed by atoms with van der Waals surface area (Å²) in [5.74, 6) is -0.593. The Morgan fingerprint density at radius 1 is 1.06 bits per heavy atom. The fourth-order valence-corrected chi connectivity index (χ4v) is 6.12. The first-order valence-corrected chi connectivity index (χ1v) is 13.5. The van der Waals surface area contributed by atoms with Crippen molar-refractivity contribution in [1.29, 1.82) is 0 Å². The van der Waals surface area contributed by atoms with Crippen molar-refractivity contribution < 1.29 is 17.6 Å². The van der Waals surface area contributed by atoms with Crippen molar-refractivity contribution in [3.63, 3.8) is 0 Å². The van der Waals surface area contributed by atoms with Crippen molar-refractivity contribution in [3.05, 3.63) is 95.9 Å². The van der Waals surface area contributed by atoms with Gasteiger partial charge in [0.05, 0.1) is 29.9 Å². The highest BCUT2D eigenvalue weighted by Crippen LogP contribution is 2.42. The van der Waals surface area contributed by atoms with Gasteiger partial charge in [-0.25, -0.2) is 22.8 Å². The van der Waals surface area contributed by atoms with E-state index in [9.17, 15) is 17.6 Å². The lowest BCUT2D eigenvalue weighted by atomic mass is 10.1. The monoisotopic (exact) mass is 520 g/mol. The van der Waals surface area contributed by atoms with Crippen LogP contribution in [0.1, 0.15) is 11.1 Å². The van der Waals surface area contributed by atoms with E-state index in [4.69, 9.17) is 0 Å². The molecule has 0 spiro atoms. The van der Waals surface area contributed by atoms with Crippen LogP contribution in [0.5, 0.6) is 0 Å². The van der Waals surface area contributed by atoms with Gasteiger partial charge in [-0.05, 0) is 42.3 Å². The summed E-state index contributed by atoms with van der Waals surface area (Å²) in [6.07, 6.45) is 1.27. The van der Waals surface area contributed by atoms with Crippen molar-refractivity contribution in [3.8, 4) is 11.3 Å². The average molecular weight is 521 g/mol. The third kappa shape index (κ3) is 4.69. The second kappa shape index (κ2) is 9.71. The molecule has 0 bridgehead atoms. The fourth-order valence-electron chi connectivity index (χ4n) is 3.95. The number of para-hydroxylation sites is 2. The van der Waals surface area contributed by atoms with E-state index in [1.807, 2.05) is 31.2 Å². The van der Waals surface area contributed by atoms with E-state index in [1.54, 1.807) is 36.4 Å². The summed E-state index contributed by atoms with van der Waals surface area (Å²) >= 11 is 1.12. The standard InChI is InChI=1S/C26H21FN4O3S2/c1-17-7-2-4-11-21(17)29-24(32)16-35-26-28-14-23-25(30-26)20-10-3-5-12-22(20)31(36(23,33)34)15-18-8-6-9-19(27)13-18/h2-14H,15-16H2,1H3,(H,29,32). The lowest BCUT2D eigenvalue weighted by molar-refractivity contribution is -0.113. The maximum atomic E-state index is 13.7. The van der Waals surface area contributed by atoms with Crippen LogP contribution in [0, 0.1) is 12.7 Å². The largest absolute Gasteiger partial charge is 0.325 e. The molecule has 1 aliphatic heterocycles. The molecule has 0 saturated carbocycles. The highest BCUT2D eigenvalue weighted by Gasteiger charge is 2.36. The number of hydrogen-bond donors (Lipinski definition) is 1. The number of amides is 1. The number of hydrogen-bond acceptors (Lipinski definition) is 6. The SMILES string of the molecule is Cc1ccccc1NC(=O)CSc1ncc2c(n1)-c1ccccc1N(Cc1cccc(F)c1)S2(=O)=O. The van der Waals surface area contributed by atoms with E-state index in [2.05, 4.69) is 15.3 Å². The number of benzene rings is 3. The smallest absolute Gasteiger partial charge is 0.268 e. The summed E-state index contributed by atoms with van der Waals surface area (Å²) in [5, 5.41) is 3.15. The Kier molecular flexibility index (Phi) is 6.46. The van der Waals surface area contributed by atoms with Gasteiger partial charge in [-0.3, -0.25) is 9.10 Å². The summed E-state index contributed by atoms with van der Waals surface area (Å²) in [7, 11) is -4.00. The average Bonchev–Trinajstić information content (AvgIpc) is 2.87. The normalized spacial score (nSPS) is 13.6. The number of aromatic nitrogens is 2. The van der Waals surface area contributed by atoms with E-state index in [0.717, 1.165) is 23.0 Å². The third-order valence-corrected chi connectivity index (χ3v) is 8.32. The van der Waals surface area contributed by atoms with Crippen molar-refractivity contribution >= 4 is 39.1 Å². The molecule has 2 heterocycles. The highest BCUT2D eigenvalue weighted by atomic mass is 32.2. The first-order valence-electron chi connectivity index (χ1n) is 11.0. The predicted octanol–water partition coefficient (Wildman–Crippen LogP) is 5.03. The zero-order valence-corrected chi connectivity index (χ0v) is 20.8. The molecule has 3 aromatic carbocycles. The van der Waals surface area contributed by atoms with Gasteiger partial charge in [0.1, 0.15) is 10.7 Å². The topological polar surface area (TPSA) is 92.3 Å². The minimum Gasteiger partial charge on any atom is -0.325 e. The Hall–Kier alpha value is -3.76. The lowest BCUT2D eigenvalue weighted by Gasteiger charge is -2.31. The van der Waals surface area contributed by atoms with Gasteiger partial charge in [-0.2, -0.15) is 0 Å². The van der Waals surface area contributed by atoms with Crippen LogP contribution in [-0.4, -0.2) is 30.0 Å². The van der Waals surface area contributed by atoms with E-state index < -0.39 is 15.8 Å². The molecule has 0 fully saturated rings. The van der Waals surface area contributed by atoms with E-state index >= 15 is 0 Å². The molecule has 7 nitrogen and oxygen atoms in total. The molecule has 182 valence electrons. The molecule has 1 aliphatic rings. The minimum atomic E-state index is -4.00. The maximum absolute atomic E-state index is 13.7. The first kappa shape index (κ1) is 24.0. The molecule has 0 aliphatic carbocycles. The summed E-state index contributed by atoms with van der Waals surface area (Å²) in [6, 6.07) is 20.3. The van der Waals surface area contributed by atoms with E-state index in [1.165, 1.54) is 22.6 Å². The zero-order valence-electron chi connectivity index (χ0n) is 19.2. The van der Waals surface area contributed by atoms with Gasteiger partial charge in [-0.15, -0.1) is 0 Å². The molecule has 5 rings (SSSR count). The molecule has 0 saturated heterocycles. The molecule has 36 heavy (non-hydrogen) atoms. The van der Waals surface area contributed by atoms with Gasteiger partial charge in [0.25, 0.3) is 10.0 Å². The van der Waals surface area contributed by atoms with Crippen LogP contribution in [0.3, 0.4) is 0 Å². The molecule has 1 aromatic heterocycles. The summed E-state index contributed by atoms with van der Waals surface area (Å²) in [4.78, 5) is 21.1. The summed E-state index contributed by atoms with van der Waals surface area (Å²) < 4.78 is 42.1. The molecular weight excluding hydrogens is 499 g/mol. The number of anilines is 2. The van der Waals surface area contributed by atoms with Crippen LogP contribution in [0.15, 0.2) is 89.0 Å². The molecule has 0 unspecified atom stereocenters. The van der Waals surface area contributed by atoms with Gasteiger partial charge in [0, 0.05) is 11.3 Å². The van der Waals surface area contributed by atoms with Crippen molar-refractivity contribution in [1.82, 2.24) is 9.97 Å². The van der Waals surface area contributed by atoms with Gasteiger partial charge in [0.15, 0.2) is 5.16 Å². The lowest BCUT2D eigenvalue weighted by Crippen LogP contribution is -2.34. The van der Waals surface area contributed by atoms with Crippen LogP contribution < -0.4 is 9.62 Å². The number of sulfonamides is 1. The summed E-state index contributed by atoms with van der Waals surface area (Å²) in [5.41, 5.74) is 3.54. The number of carbonyl (C=O) groups excluding carboxylic acids is 1. The Labute approximate surface area is 212 Å². The maximum Gasteiger partial charge on any atom is 0.268 e. The Bertz CT molecular complexity index is 1580. The van der Waals surface area contributed by atoms with Crippen LogP contribution in [0.25, 0.3) is 11.3 Å². The zero-order chi connectivity index (χ0) is 25.3. The third-order valence-electron chi connectivity index (χ3n) is 5.70. The second-order valence-electron chi connectivity index (χ2n) is 8.18. The molecule has 1 N–H and O–H groups in total. The molecule has 1 amide bonds. The number of halogens is 1. The molecule has 0 radical (unpaired) electrons. The minimum absolute atomic E-state index is 0.0356.